The van der Waals surface area contributed by atoms with Crippen molar-refractivity contribution in [2.75, 3.05) is 24.1 Å². The highest BCUT2D eigenvalue weighted by Gasteiger charge is 2.59. The lowest BCUT2D eigenvalue weighted by Crippen LogP contribution is -2.41. The number of ether oxygens (including phenoxy) is 2. The van der Waals surface area contributed by atoms with Gasteiger partial charge in [0.05, 0.1) is 48.3 Å². The maximum absolute atomic E-state index is 15.0. The number of fused-ring (bicyclic) bond motifs is 8. The van der Waals surface area contributed by atoms with E-state index in [4.69, 9.17) is 14.6 Å². The van der Waals surface area contributed by atoms with E-state index >= 15 is 0 Å². The zero-order valence-electron chi connectivity index (χ0n) is 33.4. The van der Waals surface area contributed by atoms with Crippen LogP contribution in [0.3, 0.4) is 0 Å². The lowest BCUT2D eigenvalue weighted by molar-refractivity contribution is -0.140. The monoisotopic (exact) mass is 773 g/mol. The van der Waals surface area contributed by atoms with E-state index in [0.29, 0.717) is 0 Å². The van der Waals surface area contributed by atoms with Gasteiger partial charge in [0.1, 0.15) is 5.70 Å². The third-order valence-corrected chi connectivity index (χ3v) is 12.8. The number of allylic oxidation sites excluding steroid dienone is 2. The van der Waals surface area contributed by atoms with Crippen molar-refractivity contribution in [3.63, 3.8) is 0 Å². The Balaban J connectivity index is 1.25. The van der Waals surface area contributed by atoms with E-state index in [1.54, 1.807) is 0 Å². The van der Waals surface area contributed by atoms with E-state index in [-0.39, 0.29) is 17.3 Å². The number of methoxy groups -OCH3 is 2. The maximum atomic E-state index is 15.0. The van der Waals surface area contributed by atoms with Crippen molar-refractivity contribution in [2.24, 2.45) is 5.10 Å². The van der Waals surface area contributed by atoms with Gasteiger partial charge in [0.2, 0.25) is 0 Å². The summed E-state index contributed by atoms with van der Waals surface area (Å²) in [4.78, 5) is 31.5. The van der Waals surface area contributed by atoms with Gasteiger partial charge in [-0.05, 0) is 62.7 Å². The number of anilines is 2. The minimum absolute atomic E-state index is 0.00000748. The Bertz CT molecular complexity index is 2700. The lowest BCUT2D eigenvalue weighted by Gasteiger charge is -2.40. The Morgan fingerprint density at radius 1 is 0.627 bits per heavy atom. The Hall–Kier alpha value is -6.99. The van der Waals surface area contributed by atoms with Crippen molar-refractivity contribution >= 4 is 29.0 Å². The first kappa shape index (κ1) is 36.4. The van der Waals surface area contributed by atoms with Crippen LogP contribution in [0.4, 0.5) is 11.4 Å². The lowest BCUT2D eigenvalue weighted by atomic mass is 9.60. The standard InChI is InChI=1S/C52H43N3O4/c1-51(2)41-25-15-16-26-44(41)54-46(51)31-42(33-27-29-36(30-28-33)55-45(35-19-9-6-10-20-35)32-43(53-55)34-17-7-5-8-18-34)52(47(49(56)58-3)48(54)50(57)59-4)39-23-13-11-21-37(39)38-22-12-14-24-40(38)52/h5-31,42,45H,32H2,1-4H3. The van der Waals surface area contributed by atoms with Gasteiger partial charge in [-0.15, -0.1) is 0 Å². The third-order valence-electron chi connectivity index (χ3n) is 12.8. The molecule has 0 radical (unpaired) electrons. The SMILES string of the molecule is COC(=O)C1=C(C(=O)OC)C2(c3ccccc3-c3ccccc32)C(c2ccc(N3N=C(c4ccccc4)CC3c3ccccc3)cc2)C=C2N1c1ccccc1C2(C)C. The summed E-state index contributed by atoms with van der Waals surface area (Å²) in [6.07, 6.45) is 3.05. The number of carbonyl (C=O) groups excluding carboxylic acids is 2. The highest BCUT2D eigenvalue weighted by atomic mass is 16.5. The number of hydrazone groups is 1. The van der Waals surface area contributed by atoms with Crippen molar-refractivity contribution in [2.45, 2.75) is 43.1 Å². The second-order valence-corrected chi connectivity index (χ2v) is 16.1. The average molecular weight is 774 g/mol. The van der Waals surface area contributed by atoms with Gasteiger partial charge in [-0.1, -0.05) is 159 Å². The Morgan fingerprint density at radius 3 is 1.81 bits per heavy atom. The number of esters is 2. The molecule has 0 bridgehead atoms. The molecule has 3 heterocycles. The molecule has 7 heteroatoms. The largest absolute Gasteiger partial charge is 0.466 e. The van der Waals surface area contributed by atoms with Crippen molar-refractivity contribution in [3.8, 4) is 11.1 Å². The van der Waals surface area contributed by atoms with Crippen molar-refractivity contribution < 1.29 is 19.1 Å². The van der Waals surface area contributed by atoms with Crippen LogP contribution in [0, 0.1) is 0 Å². The normalized spacial score (nSPS) is 19.3. The Labute approximate surface area is 344 Å². The van der Waals surface area contributed by atoms with Crippen LogP contribution in [-0.4, -0.2) is 31.9 Å². The fourth-order valence-electron chi connectivity index (χ4n) is 10.2. The van der Waals surface area contributed by atoms with Crippen LogP contribution in [0.1, 0.15) is 65.6 Å². The average Bonchev–Trinajstić information content (AvgIpc) is 3.89. The predicted octanol–water partition coefficient (Wildman–Crippen LogP) is 10.4. The highest BCUT2D eigenvalue weighted by Crippen LogP contribution is 2.64. The number of hydrogen-bond acceptors (Lipinski definition) is 7. The number of rotatable bonds is 6. The molecule has 6 aromatic carbocycles. The van der Waals surface area contributed by atoms with Gasteiger partial charge in [0.15, 0.2) is 0 Å². The second-order valence-electron chi connectivity index (χ2n) is 16.1. The van der Waals surface area contributed by atoms with Gasteiger partial charge < -0.3 is 14.4 Å². The molecule has 4 aliphatic rings. The van der Waals surface area contributed by atoms with Crippen LogP contribution in [0.15, 0.2) is 186 Å². The predicted molar refractivity (Wildman–Crippen MR) is 232 cm³/mol. The van der Waals surface area contributed by atoms with E-state index < -0.39 is 28.7 Å². The van der Waals surface area contributed by atoms with Crippen LogP contribution >= 0.6 is 0 Å². The van der Waals surface area contributed by atoms with Crippen molar-refractivity contribution in [1.82, 2.24) is 0 Å². The second kappa shape index (κ2) is 13.8. The first-order valence-electron chi connectivity index (χ1n) is 20.1. The number of carbonyl (C=O) groups is 2. The third kappa shape index (κ3) is 5.30. The number of hydrogen-bond donors (Lipinski definition) is 0. The number of benzene rings is 6. The van der Waals surface area contributed by atoms with E-state index in [9.17, 15) is 9.59 Å². The Kier molecular flexibility index (Phi) is 8.53. The van der Waals surface area contributed by atoms with E-state index in [1.807, 2.05) is 59.5 Å². The molecule has 0 fully saturated rings. The molecule has 0 aromatic heterocycles. The van der Waals surface area contributed by atoms with Crippen molar-refractivity contribution in [1.29, 1.82) is 0 Å². The van der Waals surface area contributed by atoms with E-state index in [2.05, 4.69) is 128 Å². The van der Waals surface area contributed by atoms with Gasteiger partial charge in [-0.2, -0.15) is 5.10 Å². The van der Waals surface area contributed by atoms with Gasteiger partial charge in [0.25, 0.3) is 0 Å². The Morgan fingerprint density at radius 2 is 1.19 bits per heavy atom. The van der Waals surface area contributed by atoms with Gasteiger partial charge >= 0.3 is 11.9 Å². The molecule has 1 aliphatic carbocycles. The summed E-state index contributed by atoms with van der Waals surface area (Å²) in [6.45, 7) is 4.36. The zero-order valence-corrected chi connectivity index (χ0v) is 33.4. The summed E-state index contributed by atoms with van der Waals surface area (Å²) in [5.41, 5.74) is 10.5. The van der Waals surface area contributed by atoms with Crippen LogP contribution in [0.2, 0.25) is 0 Å². The molecule has 0 saturated carbocycles. The molecular formula is C52H43N3O4. The van der Waals surface area contributed by atoms with Crippen molar-refractivity contribution in [3.05, 3.63) is 214 Å². The number of para-hydroxylation sites is 1. The van der Waals surface area contributed by atoms with E-state index in [1.165, 1.54) is 19.8 Å². The van der Waals surface area contributed by atoms with Crippen LogP contribution < -0.4 is 9.91 Å². The molecule has 2 unspecified atom stereocenters. The molecule has 2 atom stereocenters. The quantitative estimate of drug-likeness (QED) is 0.157. The molecule has 59 heavy (non-hydrogen) atoms. The molecule has 10 rings (SSSR count). The molecule has 0 amide bonds. The van der Waals surface area contributed by atoms with Gasteiger partial charge in [-0.25, -0.2) is 9.59 Å². The summed E-state index contributed by atoms with van der Waals surface area (Å²) >= 11 is 0. The summed E-state index contributed by atoms with van der Waals surface area (Å²) < 4.78 is 11.4. The smallest absolute Gasteiger partial charge is 0.355 e. The summed E-state index contributed by atoms with van der Waals surface area (Å²) in [7, 11) is 2.76. The molecule has 3 aliphatic heterocycles. The molecule has 0 saturated heterocycles. The van der Waals surface area contributed by atoms with Crippen LogP contribution in [0.25, 0.3) is 11.1 Å². The summed E-state index contributed by atoms with van der Waals surface area (Å²) in [5, 5.41) is 7.39. The minimum atomic E-state index is -1.20. The molecule has 290 valence electrons. The first-order valence-corrected chi connectivity index (χ1v) is 20.1. The molecular weight excluding hydrogens is 731 g/mol. The van der Waals surface area contributed by atoms with Crippen LogP contribution in [-0.2, 0) is 29.9 Å². The van der Waals surface area contributed by atoms with E-state index in [0.717, 1.165) is 68.1 Å². The minimum Gasteiger partial charge on any atom is -0.466 e. The fourth-order valence-corrected chi connectivity index (χ4v) is 10.2. The number of nitrogens with zero attached hydrogens (tertiary/aromatic N) is 3. The van der Waals surface area contributed by atoms with Gasteiger partial charge in [0, 0.05) is 23.5 Å². The van der Waals surface area contributed by atoms with Crippen LogP contribution in [0.5, 0.6) is 0 Å². The summed E-state index contributed by atoms with van der Waals surface area (Å²) in [5.74, 6) is -1.70. The topological polar surface area (TPSA) is 71.4 Å². The molecule has 1 spiro atoms. The highest BCUT2D eigenvalue weighted by molar-refractivity contribution is 6.09. The van der Waals surface area contributed by atoms with Gasteiger partial charge in [-0.3, -0.25) is 5.01 Å². The fraction of sp³-hybridized carbons (Fsp3) is 0.173. The first-order chi connectivity index (χ1) is 28.8. The summed E-state index contributed by atoms with van der Waals surface area (Å²) in [6, 6.07) is 54.1. The zero-order chi connectivity index (χ0) is 40.5. The molecule has 6 aromatic rings. The molecule has 7 nitrogen and oxygen atoms in total. The molecule has 0 N–H and O–H groups in total. The maximum Gasteiger partial charge on any atom is 0.355 e.